The van der Waals surface area contributed by atoms with E-state index in [-0.39, 0.29) is 5.63 Å². The van der Waals surface area contributed by atoms with Gasteiger partial charge in [-0.05, 0) is 35.7 Å². The summed E-state index contributed by atoms with van der Waals surface area (Å²) < 4.78 is 8.25. The number of benzene rings is 2. The molecular formula is C19H14BrNO2. The van der Waals surface area contributed by atoms with Gasteiger partial charge in [0.1, 0.15) is 11.1 Å². The molecule has 2 heterocycles. The molecule has 0 amide bonds. The van der Waals surface area contributed by atoms with Crippen LogP contribution in [0.1, 0.15) is 11.1 Å². The van der Waals surface area contributed by atoms with Gasteiger partial charge in [-0.3, -0.25) is 0 Å². The molecule has 0 radical (unpaired) electrons. The first kappa shape index (κ1) is 14.3. The number of fused-ring (bicyclic) bond motifs is 3. The summed E-state index contributed by atoms with van der Waals surface area (Å²) in [6.45, 7) is 0. The second-order valence-electron chi connectivity index (χ2n) is 5.68. The van der Waals surface area contributed by atoms with Crippen molar-refractivity contribution in [3.63, 3.8) is 0 Å². The van der Waals surface area contributed by atoms with Crippen molar-refractivity contribution >= 4 is 37.8 Å². The fourth-order valence-corrected chi connectivity index (χ4v) is 3.46. The monoisotopic (exact) mass is 367 g/mol. The molecule has 4 heteroatoms. The molecule has 0 aliphatic carbocycles. The van der Waals surface area contributed by atoms with Crippen molar-refractivity contribution in [2.75, 3.05) is 0 Å². The van der Waals surface area contributed by atoms with Gasteiger partial charge in [0.15, 0.2) is 0 Å². The number of aromatic nitrogens is 1. The maximum atomic E-state index is 12.4. The topological polar surface area (TPSA) is 35.1 Å². The Morgan fingerprint density at radius 1 is 1.13 bits per heavy atom. The molecule has 0 saturated carbocycles. The molecule has 23 heavy (non-hydrogen) atoms. The van der Waals surface area contributed by atoms with Crippen molar-refractivity contribution in [1.82, 2.24) is 4.57 Å². The Bertz CT molecular complexity index is 1080. The van der Waals surface area contributed by atoms with Crippen LogP contribution in [0.3, 0.4) is 0 Å². The summed E-state index contributed by atoms with van der Waals surface area (Å²) in [5, 5.41) is 1.95. The van der Waals surface area contributed by atoms with Crippen molar-refractivity contribution in [2.45, 2.75) is 6.42 Å². The van der Waals surface area contributed by atoms with Crippen LogP contribution in [-0.2, 0) is 13.5 Å². The van der Waals surface area contributed by atoms with Crippen molar-refractivity contribution in [3.05, 3.63) is 80.7 Å². The van der Waals surface area contributed by atoms with E-state index in [1.54, 1.807) is 0 Å². The number of hydrogen-bond donors (Lipinski definition) is 0. The normalized spacial score (nSPS) is 11.4. The van der Waals surface area contributed by atoms with Crippen molar-refractivity contribution < 1.29 is 4.42 Å². The highest BCUT2D eigenvalue weighted by atomic mass is 79.9. The average molecular weight is 368 g/mol. The Kier molecular flexibility index (Phi) is 3.34. The standard InChI is InChI=1S/C19H14BrNO2/c1-21-11-13(9-12-5-3-2-4-6-12)17-15-8-7-14(20)10-16(15)23-19(22)18(17)21/h2-8,10-11H,9H2,1H3. The summed E-state index contributed by atoms with van der Waals surface area (Å²) in [5.41, 5.74) is 3.28. The lowest BCUT2D eigenvalue weighted by molar-refractivity contribution is 0.565. The molecule has 2 aromatic carbocycles. The highest BCUT2D eigenvalue weighted by Gasteiger charge is 2.16. The third-order valence-corrected chi connectivity index (χ3v) is 4.60. The van der Waals surface area contributed by atoms with Gasteiger partial charge in [0.2, 0.25) is 0 Å². The molecule has 4 aromatic rings. The van der Waals surface area contributed by atoms with Crippen molar-refractivity contribution in [2.24, 2.45) is 7.05 Å². The SMILES string of the molecule is Cn1cc(Cc2ccccc2)c2c3ccc(Br)cc3oc(=O)c21. The van der Waals surface area contributed by atoms with Crippen LogP contribution >= 0.6 is 15.9 Å². The van der Waals surface area contributed by atoms with E-state index in [1.165, 1.54) is 5.56 Å². The van der Waals surface area contributed by atoms with E-state index in [1.807, 2.05) is 54.2 Å². The van der Waals surface area contributed by atoms with Crippen LogP contribution in [0.5, 0.6) is 0 Å². The number of halogens is 1. The third-order valence-electron chi connectivity index (χ3n) is 4.11. The molecule has 0 fully saturated rings. The number of hydrogen-bond acceptors (Lipinski definition) is 2. The first-order valence-corrected chi connectivity index (χ1v) is 8.17. The van der Waals surface area contributed by atoms with Gasteiger partial charge in [0, 0.05) is 28.5 Å². The molecule has 0 atom stereocenters. The van der Waals surface area contributed by atoms with Crippen LogP contribution in [0.25, 0.3) is 21.9 Å². The summed E-state index contributed by atoms with van der Waals surface area (Å²) in [7, 11) is 1.89. The second-order valence-corrected chi connectivity index (χ2v) is 6.60. The molecule has 0 saturated heterocycles. The molecule has 3 nitrogen and oxygen atoms in total. The number of aryl methyl sites for hydroxylation is 1. The fraction of sp³-hybridized carbons (Fsp3) is 0.105. The lowest BCUT2D eigenvalue weighted by atomic mass is 10.0. The molecule has 0 bridgehead atoms. The lowest BCUT2D eigenvalue weighted by Crippen LogP contribution is -2.03. The summed E-state index contributed by atoms with van der Waals surface area (Å²) in [6.07, 6.45) is 2.81. The van der Waals surface area contributed by atoms with Gasteiger partial charge in [-0.2, -0.15) is 0 Å². The molecule has 2 aromatic heterocycles. The van der Waals surface area contributed by atoms with E-state index < -0.39 is 0 Å². The molecule has 0 aliphatic heterocycles. The van der Waals surface area contributed by atoms with Gasteiger partial charge in [0.25, 0.3) is 0 Å². The van der Waals surface area contributed by atoms with Gasteiger partial charge in [-0.1, -0.05) is 46.3 Å². The van der Waals surface area contributed by atoms with Crippen LogP contribution in [0.15, 0.2) is 68.4 Å². The van der Waals surface area contributed by atoms with Crippen LogP contribution in [0.4, 0.5) is 0 Å². The zero-order chi connectivity index (χ0) is 16.0. The largest absolute Gasteiger partial charge is 0.421 e. The third kappa shape index (κ3) is 2.39. The van der Waals surface area contributed by atoms with E-state index in [9.17, 15) is 4.79 Å². The highest BCUT2D eigenvalue weighted by Crippen LogP contribution is 2.30. The smallest absolute Gasteiger partial charge is 0.361 e. The maximum Gasteiger partial charge on any atom is 0.361 e. The lowest BCUT2D eigenvalue weighted by Gasteiger charge is -2.04. The van der Waals surface area contributed by atoms with Crippen LogP contribution in [0, 0.1) is 0 Å². The van der Waals surface area contributed by atoms with Crippen LogP contribution in [0.2, 0.25) is 0 Å². The molecule has 0 spiro atoms. The summed E-state index contributed by atoms with van der Waals surface area (Å²) in [5.74, 6) is 0. The van der Waals surface area contributed by atoms with E-state index in [0.29, 0.717) is 11.1 Å². The minimum absolute atomic E-state index is 0.299. The molecule has 4 rings (SSSR count). The summed E-state index contributed by atoms with van der Waals surface area (Å²) in [4.78, 5) is 12.4. The Labute approximate surface area is 141 Å². The predicted molar refractivity (Wildman–Crippen MR) is 95.9 cm³/mol. The molecule has 0 N–H and O–H groups in total. The quantitative estimate of drug-likeness (QED) is 0.483. The predicted octanol–water partition coefficient (Wildman–Crippen LogP) is 4.64. The number of rotatable bonds is 2. The van der Waals surface area contributed by atoms with E-state index in [4.69, 9.17) is 4.42 Å². The maximum absolute atomic E-state index is 12.4. The Hall–Kier alpha value is -2.33. The first-order valence-electron chi connectivity index (χ1n) is 7.37. The van der Waals surface area contributed by atoms with Gasteiger partial charge >= 0.3 is 5.63 Å². The molecule has 114 valence electrons. The first-order chi connectivity index (χ1) is 11.1. The van der Waals surface area contributed by atoms with Crippen molar-refractivity contribution in [3.8, 4) is 0 Å². The van der Waals surface area contributed by atoms with Gasteiger partial charge in [-0.15, -0.1) is 0 Å². The van der Waals surface area contributed by atoms with Crippen LogP contribution < -0.4 is 5.63 Å². The summed E-state index contributed by atoms with van der Waals surface area (Å²) in [6, 6.07) is 16.1. The number of nitrogens with zero attached hydrogens (tertiary/aromatic N) is 1. The Morgan fingerprint density at radius 3 is 2.70 bits per heavy atom. The zero-order valence-corrected chi connectivity index (χ0v) is 14.1. The second kappa shape index (κ2) is 5.39. The minimum Gasteiger partial charge on any atom is -0.421 e. The van der Waals surface area contributed by atoms with E-state index in [2.05, 4.69) is 28.1 Å². The molecule has 0 unspecified atom stereocenters. The molecular weight excluding hydrogens is 354 g/mol. The Morgan fingerprint density at radius 2 is 1.91 bits per heavy atom. The van der Waals surface area contributed by atoms with Crippen molar-refractivity contribution in [1.29, 1.82) is 0 Å². The summed E-state index contributed by atoms with van der Waals surface area (Å²) >= 11 is 3.43. The fourth-order valence-electron chi connectivity index (χ4n) is 3.12. The Balaban J connectivity index is 2.05. The van der Waals surface area contributed by atoms with E-state index in [0.717, 1.165) is 27.2 Å². The highest BCUT2D eigenvalue weighted by molar-refractivity contribution is 9.10. The van der Waals surface area contributed by atoms with E-state index >= 15 is 0 Å². The van der Waals surface area contributed by atoms with Gasteiger partial charge in [0.05, 0.1) is 0 Å². The minimum atomic E-state index is -0.299. The van der Waals surface area contributed by atoms with Crippen LogP contribution in [-0.4, -0.2) is 4.57 Å². The van der Waals surface area contributed by atoms with Gasteiger partial charge < -0.3 is 8.98 Å². The zero-order valence-electron chi connectivity index (χ0n) is 12.5. The molecule has 0 aliphatic rings. The average Bonchev–Trinajstić information content (AvgIpc) is 2.85. The van der Waals surface area contributed by atoms with Gasteiger partial charge in [-0.25, -0.2) is 4.79 Å².